The van der Waals surface area contributed by atoms with E-state index in [1.807, 2.05) is 18.2 Å². The normalized spacial score (nSPS) is 11.8. The van der Waals surface area contributed by atoms with Crippen LogP contribution in [0.4, 0.5) is 0 Å². The summed E-state index contributed by atoms with van der Waals surface area (Å²) in [5, 5.41) is 12.5. The van der Waals surface area contributed by atoms with Crippen LogP contribution in [0.5, 0.6) is 5.75 Å². The average molecular weight is 305 g/mol. The van der Waals surface area contributed by atoms with E-state index < -0.39 is 0 Å². The quantitative estimate of drug-likeness (QED) is 0.702. The van der Waals surface area contributed by atoms with E-state index in [9.17, 15) is 5.11 Å². The van der Waals surface area contributed by atoms with Crippen LogP contribution in [0.2, 0.25) is 0 Å². The zero-order valence-corrected chi connectivity index (χ0v) is 13.9. The van der Waals surface area contributed by atoms with Crippen molar-refractivity contribution in [2.24, 2.45) is 5.73 Å². The molecule has 3 aromatic carbocycles. The predicted molar refractivity (Wildman–Crippen MR) is 97.6 cm³/mol. The summed E-state index contributed by atoms with van der Waals surface area (Å²) in [7, 11) is 0. The van der Waals surface area contributed by atoms with Gasteiger partial charge in [0.25, 0.3) is 0 Å². The Bertz CT molecular complexity index is 842. The molecule has 0 radical (unpaired) electrons. The van der Waals surface area contributed by atoms with Crippen molar-refractivity contribution in [3.63, 3.8) is 0 Å². The third-order valence-corrected chi connectivity index (χ3v) is 4.34. The molecule has 0 bridgehead atoms. The van der Waals surface area contributed by atoms with Crippen LogP contribution >= 0.6 is 0 Å². The first-order chi connectivity index (χ1) is 10.9. The summed E-state index contributed by atoms with van der Waals surface area (Å²) in [6, 6.07) is 18.3. The molecule has 0 amide bonds. The van der Waals surface area contributed by atoms with Gasteiger partial charge in [0.15, 0.2) is 0 Å². The Morgan fingerprint density at radius 2 is 1.61 bits per heavy atom. The van der Waals surface area contributed by atoms with Crippen molar-refractivity contribution in [3.8, 4) is 16.9 Å². The molecule has 2 nitrogen and oxygen atoms in total. The van der Waals surface area contributed by atoms with E-state index in [1.54, 1.807) is 6.07 Å². The fourth-order valence-electron chi connectivity index (χ4n) is 2.94. The zero-order valence-electron chi connectivity index (χ0n) is 13.9. The molecule has 118 valence electrons. The van der Waals surface area contributed by atoms with Gasteiger partial charge in [0.2, 0.25) is 0 Å². The lowest BCUT2D eigenvalue weighted by atomic mass is 9.86. The number of phenolic OH excluding ortho intramolecular Hbond substituents is 1. The van der Waals surface area contributed by atoms with Gasteiger partial charge in [0.1, 0.15) is 5.75 Å². The van der Waals surface area contributed by atoms with Gasteiger partial charge in [-0.05, 0) is 45.0 Å². The zero-order chi connectivity index (χ0) is 16.6. The van der Waals surface area contributed by atoms with Gasteiger partial charge in [-0.3, -0.25) is 0 Å². The van der Waals surface area contributed by atoms with Crippen molar-refractivity contribution in [2.75, 3.05) is 0 Å². The van der Waals surface area contributed by atoms with Gasteiger partial charge in [-0.1, -0.05) is 63.2 Å². The first kappa shape index (κ1) is 15.6. The standard InChI is InChI=1S/C21H23NO/c1-21(2,3)17-8-5-15(6-9-17)20-18-10-4-14(13-22)12-16(18)7-11-19(20)23/h4-12,23H,13,22H2,1-3H3. The summed E-state index contributed by atoms with van der Waals surface area (Å²) in [4.78, 5) is 0. The second-order valence-electron chi connectivity index (χ2n) is 7.05. The number of hydrogen-bond donors (Lipinski definition) is 2. The minimum atomic E-state index is 0.120. The van der Waals surface area contributed by atoms with Gasteiger partial charge >= 0.3 is 0 Å². The molecule has 0 aliphatic heterocycles. The molecular formula is C21H23NO. The smallest absolute Gasteiger partial charge is 0.124 e. The molecule has 0 fully saturated rings. The van der Waals surface area contributed by atoms with E-state index >= 15 is 0 Å². The highest BCUT2D eigenvalue weighted by molar-refractivity contribution is 5.99. The summed E-state index contributed by atoms with van der Waals surface area (Å²) in [6.07, 6.45) is 0. The Labute approximate surface area is 137 Å². The molecule has 0 aliphatic rings. The second-order valence-corrected chi connectivity index (χ2v) is 7.05. The van der Waals surface area contributed by atoms with Crippen LogP contribution in [-0.2, 0) is 12.0 Å². The molecule has 0 heterocycles. The Morgan fingerprint density at radius 1 is 0.913 bits per heavy atom. The van der Waals surface area contributed by atoms with E-state index in [-0.39, 0.29) is 5.41 Å². The van der Waals surface area contributed by atoms with Gasteiger partial charge in [-0.25, -0.2) is 0 Å². The molecule has 2 heteroatoms. The van der Waals surface area contributed by atoms with Crippen molar-refractivity contribution in [3.05, 3.63) is 65.7 Å². The molecule has 0 aliphatic carbocycles. The van der Waals surface area contributed by atoms with Gasteiger partial charge < -0.3 is 10.8 Å². The number of aromatic hydroxyl groups is 1. The molecule has 23 heavy (non-hydrogen) atoms. The summed E-state index contributed by atoms with van der Waals surface area (Å²) in [5.41, 5.74) is 10.1. The van der Waals surface area contributed by atoms with Crippen LogP contribution in [0, 0.1) is 0 Å². The maximum Gasteiger partial charge on any atom is 0.124 e. The Kier molecular flexibility index (Phi) is 3.87. The summed E-state index contributed by atoms with van der Waals surface area (Å²) < 4.78 is 0. The minimum Gasteiger partial charge on any atom is -0.507 e. The molecule has 0 saturated heterocycles. The number of benzene rings is 3. The molecule has 0 aromatic heterocycles. The molecule has 3 rings (SSSR count). The van der Waals surface area contributed by atoms with Crippen LogP contribution in [0.25, 0.3) is 21.9 Å². The number of nitrogens with two attached hydrogens (primary N) is 1. The fourth-order valence-corrected chi connectivity index (χ4v) is 2.94. The predicted octanol–water partition coefficient (Wildman–Crippen LogP) is 4.97. The van der Waals surface area contributed by atoms with Crippen LogP contribution in [0.1, 0.15) is 31.9 Å². The maximum absolute atomic E-state index is 10.4. The molecule has 3 aromatic rings. The van der Waals surface area contributed by atoms with E-state index in [4.69, 9.17) is 5.73 Å². The van der Waals surface area contributed by atoms with Gasteiger partial charge in [-0.15, -0.1) is 0 Å². The topological polar surface area (TPSA) is 46.2 Å². The van der Waals surface area contributed by atoms with Crippen LogP contribution in [0.3, 0.4) is 0 Å². The summed E-state index contributed by atoms with van der Waals surface area (Å²) >= 11 is 0. The van der Waals surface area contributed by atoms with Crippen LogP contribution in [0.15, 0.2) is 54.6 Å². The number of phenols is 1. The van der Waals surface area contributed by atoms with E-state index in [1.165, 1.54) is 5.56 Å². The molecule has 3 N–H and O–H groups in total. The number of rotatable bonds is 2. The van der Waals surface area contributed by atoms with Crippen molar-refractivity contribution >= 4 is 10.8 Å². The molecular weight excluding hydrogens is 282 g/mol. The van der Waals surface area contributed by atoms with Crippen molar-refractivity contribution in [1.82, 2.24) is 0 Å². The molecule has 0 unspecified atom stereocenters. The van der Waals surface area contributed by atoms with E-state index in [0.717, 1.165) is 27.5 Å². The Balaban J connectivity index is 2.17. The van der Waals surface area contributed by atoms with Crippen molar-refractivity contribution < 1.29 is 5.11 Å². The molecule has 0 atom stereocenters. The van der Waals surface area contributed by atoms with Gasteiger partial charge in [0.05, 0.1) is 0 Å². The minimum absolute atomic E-state index is 0.120. The van der Waals surface area contributed by atoms with Crippen LogP contribution < -0.4 is 5.73 Å². The fraction of sp³-hybridized carbons (Fsp3) is 0.238. The monoisotopic (exact) mass is 305 g/mol. The SMILES string of the molecule is CC(C)(C)c1ccc(-c2c(O)ccc3cc(CN)ccc23)cc1. The molecule has 0 spiro atoms. The Morgan fingerprint density at radius 3 is 2.22 bits per heavy atom. The molecule has 0 saturated carbocycles. The van der Waals surface area contributed by atoms with E-state index in [2.05, 4.69) is 51.1 Å². The highest BCUT2D eigenvalue weighted by Crippen LogP contribution is 2.37. The second kappa shape index (κ2) is 5.71. The van der Waals surface area contributed by atoms with Gasteiger partial charge in [0, 0.05) is 12.1 Å². The highest BCUT2D eigenvalue weighted by Gasteiger charge is 2.15. The lowest BCUT2D eigenvalue weighted by molar-refractivity contribution is 0.478. The third-order valence-electron chi connectivity index (χ3n) is 4.34. The largest absolute Gasteiger partial charge is 0.507 e. The first-order valence-electron chi connectivity index (χ1n) is 7.96. The maximum atomic E-state index is 10.4. The lowest BCUT2D eigenvalue weighted by Gasteiger charge is -2.19. The third kappa shape index (κ3) is 2.95. The first-order valence-corrected chi connectivity index (χ1v) is 7.96. The average Bonchev–Trinajstić information content (AvgIpc) is 2.53. The Hall–Kier alpha value is -2.32. The summed E-state index contributed by atoms with van der Waals surface area (Å²) in [5.74, 6) is 0.307. The van der Waals surface area contributed by atoms with Crippen LogP contribution in [-0.4, -0.2) is 5.11 Å². The lowest BCUT2D eigenvalue weighted by Crippen LogP contribution is -2.10. The number of fused-ring (bicyclic) bond motifs is 1. The summed E-state index contributed by atoms with van der Waals surface area (Å²) in [6.45, 7) is 7.12. The van der Waals surface area contributed by atoms with Gasteiger partial charge in [-0.2, -0.15) is 0 Å². The number of hydrogen-bond acceptors (Lipinski definition) is 2. The van der Waals surface area contributed by atoms with Crippen molar-refractivity contribution in [2.45, 2.75) is 32.7 Å². The highest BCUT2D eigenvalue weighted by atomic mass is 16.3. The van der Waals surface area contributed by atoms with Crippen molar-refractivity contribution in [1.29, 1.82) is 0 Å². The van der Waals surface area contributed by atoms with E-state index in [0.29, 0.717) is 12.3 Å².